The van der Waals surface area contributed by atoms with Crippen LogP contribution in [0.15, 0.2) is 0 Å². The Morgan fingerprint density at radius 1 is 1.40 bits per heavy atom. The Balaban J connectivity index is 2.66. The Morgan fingerprint density at radius 2 is 2.05 bits per heavy atom. The quantitative estimate of drug-likeness (QED) is 0.819. The molecule has 0 aliphatic heterocycles. The molecule has 2 N–H and O–H groups in total. The van der Waals surface area contributed by atoms with Gasteiger partial charge in [0.05, 0.1) is 0 Å². The van der Waals surface area contributed by atoms with Crippen molar-refractivity contribution < 1.29 is 14.7 Å². The van der Waals surface area contributed by atoms with Gasteiger partial charge in [0, 0.05) is 17.8 Å². The molecule has 0 bridgehead atoms. The highest BCUT2D eigenvalue weighted by atomic mass is 32.2. The smallest absolute Gasteiger partial charge is 0.329 e. The van der Waals surface area contributed by atoms with E-state index in [4.69, 9.17) is 0 Å². The second-order valence-corrected chi connectivity index (χ2v) is 6.92. The molecule has 5 nitrogen and oxygen atoms in total. The average molecular weight is 302 g/mol. The molecule has 0 aromatic heterocycles. The van der Waals surface area contributed by atoms with Gasteiger partial charge in [-0.05, 0) is 46.3 Å². The molecule has 1 saturated carbocycles. The number of likely N-dealkylation sites (N-methyl/N-ethyl adjacent to an activating group) is 1. The second kappa shape index (κ2) is 7.20. The standard InChI is InChI=1S/C14H26N2O3S/c1-5-16(14(2,3)12(17)18)13(19)15-10-7-6-8-11(9-10)20-4/h10-11H,5-9H2,1-4H3,(H,15,19)(H,17,18). The van der Waals surface area contributed by atoms with Gasteiger partial charge in [0.2, 0.25) is 0 Å². The molecule has 116 valence electrons. The SMILES string of the molecule is CCN(C(=O)NC1CCCC(SC)C1)C(C)(C)C(=O)O. The molecule has 1 aliphatic carbocycles. The van der Waals surface area contributed by atoms with E-state index < -0.39 is 11.5 Å². The first-order valence-corrected chi connectivity index (χ1v) is 8.46. The number of hydrogen-bond acceptors (Lipinski definition) is 3. The van der Waals surface area contributed by atoms with Gasteiger partial charge in [0.25, 0.3) is 0 Å². The van der Waals surface area contributed by atoms with E-state index in [1.807, 2.05) is 11.8 Å². The zero-order chi connectivity index (χ0) is 15.3. The van der Waals surface area contributed by atoms with Crippen molar-refractivity contribution in [2.75, 3.05) is 12.8 Å². The number of carbonyl (C=O) groups is 2. The van der Waals surface area contributed by atoms with Gasteiger partial charge in [-0.15, -0.1) is 0 Å². The molecular formula is C14H26N2O3S. The number of carboxylic acid groups (broad SMARTS) is 1. The summed E-state index contributed by atoms with van der Waals surface area (Å²) in [6.45, 7) is 5.30. The Labute approximate surface area is 125 Å². The molecule has 6 heteroatoms. The largest absolute Gasteiger partial charge is 0.480 e. The molecule has 0 radical (unpaired) electrons. The number of rotatable bonds is 5. The van der Waals surface area contributed by atoms with Gasteiger partial charge in [-0.2, -0.15) is 11.8 Å². The van der Waals surface area contributed by atoms with Crippen molar-refractivity contribution in [1.82, 2.24) is 10.2 Å². The first-order chi connectivity index (χ1) is 9.32. The van der Waals surface area contributed by atoms with Crippen molar-refractivity contribution in [3.8, 4) is 0 Å². The number of carbonyl (C=O) groups excluding carboxylic acids is 1. The third kappa shape index (κ3) is 4.04. The van der Waals surface area contributed by atoms with Crippen LogP contribution in [0.2, 0.25) is 0 Å². The number of hydrogen-bond donors (Lipinski definition) is 2. The number of amides is 2. The predicted molar refractivity (Wildman–Crippen MR) is 82.2 cm³/mol. The number of nitrogens with zero attached hydrogens (tertiary/aromatic N) is 1. The lowest BCUT2D eigenvalue weighted by Gasteiger charge is -2.36. The topological polar surface area (TPSA) is 69.6 Å². The molecule has 0 aromatic rings. The Morgan fingerprint density at radius 3 is 2.55 bits per heavy atom. The molecule has 2 amide bonds. The highest BCUT2D eigenvalue weighted by molar-refractivity contribution is 7.99. The number of carboxylic acids is 1. The van der Waals surface area contributed by atoms with E-state index in [1.165, 1.54) is 11.3 Å². The number of thioether (sulfide) groups is 1. The molecule has 2 unspecified atom stereocenters. The van der Waals surface area contributed by atoms with Crippen LogP contribution in [0.25, 0.3) is 0 Å². The lowest BCUT2D eigenvalue weighted by atomic mass is 9.95. The third-order valence-corrected chi connectivity index (χ3v) is 5.14. The molecule has 20 heavy (non-hydrogen) atoms. The molecule has 0 heterocycles. The minimum Gasteiger partial charge on any atom is -0.480 e. The van der Waals surface area contributed by atoms with Crippen molar-refractivity contribution in [2.24, 2.45) is 0 Å². The van der Waals surface area contributed by atoms with Gasteiger partial charge in [0.15, 0.2) is 0 Å². The third-order valence-electron chi connectivity index (χ3n) is 4.05. The fourth-order valence-corrected chi connectivity index (χ4v) is 3.48. The molecule has 2 atom stereocenters. The van der Waals surface area contributed by atoms with Gasteiger partial charge in [-0.25, -0.2) is 9.59 Å². The van der Waals surface area contributed by atoms with Gasteiger partial charge >= 0.3 is 12.0 Å². The zero-order valence-corrected chi connectivity index (χ0v) is 13.6. The van der Waals surface area contributed by atoms with E-state index in [-0.39, 0.29) is 12.1 Å². The van der Waals surface area contributed by atoms with E-state index in [0.29, 0.717) is 11.8 Å². The van der Waals surface area contributed by atoms with Gasteiger partial charge in [0.1, 0.15) is 5.54 Å². The lowest BCUT2D eigenvalue weighted by molar-refractivity contribution is -0.147. The lowest BCUT2D eigenvalue weighted by Crippen LogP contribution is -2.57. The maximum atomic E-state index is 12.3. The van der Waals surface area contributed by atoms with Crippen LogP contribution < -0.4 is 5.32 Å². The highest BCUT2D eigenvalue weighted by Gasteiger charge is 2.37. The normalized spacial score (nSPS) is 23.2. The van der Waals surface area contributed by atoms with Crippen molar-refractivity contribution in [2.45, 2.75) is 63.3 Å². The maximum Gasteiger partial charge on any atom is 0.329 e. The molecule has 1 fully saturated rings. The fourth-order valence-electron chi connectivity index (χ4n) is 2.65. The fraction of sp³-hybridized carbons (Fsp3) is 0.857. The van der Waals surface area contributed by atoms with Crippen LogP contribution in [0, 0.1) is 0 Å². The summed E-state index contributed by atoms with van der Waals surface area (Å²) in [6.07, 6.45) is 6.36. The summed E-state index contributed by atoms with van der Waals surface area (Å²) < 4.78 is 0. The summed E-state index contributed by atoms with van der Waals surface area (Å²) in [5, 5.41) is 12.9. The second-order valence-electron chi connectivity index (χ2n) is 5.78. The molecule has 0 saturated heterocycles. The van der Waals surface area contributed by atoms with Crippen LogP contribution in [-0.4, -0.2) is 51.6 Å². The average Bonchev–Trinajstić information content (AvgIpc) is 2.39. The minimum absolute atomic E-state index is 0.160. The van der Waals surface area contributed by atoms with Crippen LogP contribution in [0.3, 0.4) is 0 Å². The minimum atomic E-state index is -1.19. The van der Waals surface area contributed by atoms with Crippen LogP contribution in [-0.2, 0) is 4.79 Å². The molecule has 0 aromatic carbocycles. The summed E-state index contributed by atoms with van der Waals surface area (Å²) in [4.78, 5) is 25.0. The van der Waals surface area contributed by atoms with E-state index in [1.54, 1.807) is 20.8 Å². The number of urea groups is 1. The van der Waals surface area contributed by atoms with Gasteiger partial charge < -0.3 is 15.3 Å². The summed E-state index contributed by atoms with van der Waals surface area (Å²) in [5.74, 6) is -0.986. The van der Waals surface area contributed by atoms with Crippen LogP contribution in [0.4, 0.5) is 4.79 Å². The molecule has 0 spiro atoms. The zero-order valence-electron chi connectivity index (χ0n) is 12.8. The molecule has 1 rings (SSSR count). The highest BCUT2D eigenvalue weighted by Crippen LogP contribution is 2.27. The monoisotopic (exact) mass is 302 g/mol. The van der Waals surface area contributed by atoms with Gasteiger partial charge in [-0.3, -0.25) is 0 Å². The first kappa shape index (κ1) is 17.1. The summed E-state index contributed by atoms with van der Waals surface area (Å²) in [7, 11) is 0. The van der Waals surface area contributed by atoms with Crippen LogP contribution in [0.5, 0.6) is 0 Å². The summed E-state index contributed by atoms with van der Waals surface area (Å²) in [5.41, 5.74) is -1.19. The Bertz CT molecular complexity index is 360. The van der Waals surface area contributed by atoms with Crippen LogP contribution in [0.1, 0.15) is 46.5 Å². The molecular weight excluding hydrogens is 276 g/mol. The number of nitrogens with one attached hydrogen (secondary N) is 1. The maximum absolute atomic E-state index is 12.3. The van der Waals surface area contributed by atoms with Crippen molar-refractivity contribution >= 4 is 23.8 Å². The number of aliphatic carboxylic acids is 1. The summed E-state index contributed by atoms with van der Waals surface area (Å²) in [6, 6.07) is -0.112. The summed E-state index contributed by atoms with van der Waals surface area (Å²) >= 11 is 1.84. The van der Waals surface area contributed by atoms with Crippen molar-refractivity contribution in [1.29, 1.82) is 0 Å². The Kier molecular flexibility index (Phi) is 6.17. The van der Waals surface area contributed by atoms with Gasteiger partial charge in [-0.1, -0.05) is 6.42 Å². The Hall–Kier alpha value is -0.910. The van der Waals surface area contributed by atoms with E-state index in [0.717, 1.165) is 19.3 Å². The van der Waals surface area contributed by atoms with Crippen LogP contribution >= 0.6 is 11.8 Å². The predicted octanol–water partition coefficient (Wildman–Crippen LogP) is 2.56. The van der Waals surface area contributed by atoms with E-state index in [9.17, 15) is 14.7 Å². The molecule has 1 aliphatic rings. The van der Waals surface area contributed by atoms with Crippen molar-refractivity contribution in [3.63, 3.8) is 0 Å². The van der Waals surface area contributed by atoms with E-state index in [2.05, 4.69) is 11.6 Å². The first-order valence-electron chi connectivity index (χ1n) is 7.17. The van der Waals surface area contributed by atoms with Crippen molar-refractivity contribution in [3.05, 3.63) is 0 Å². The van der Waals surface area contributed by atoms with E-state index >= 15 is 0 Å².